The monoisotopic (exact) mass is 485 g/mol. The van der Waals surface area contributed by atoms with E-state index in [9.17, 15) is 19.7 Å². The summed E-state index contributed by atoms with van der Waals surface area (Å²) in [5.74, 6) is -0.217. The lowest BCUT2D eigenvalue weighted by molar-refractivity contribution is -0.384. The van der Waals surface area contributed by atoms with Crippen molar-refractivity contribution in [3.63, 3.8) is 0 Å². The first-order chi connectivity index (χ1) is 17.4. The van der Waals surface area contributed by atoms with Gasteiger partial charge in [0.1, 0.15) is 5.69 Å². The number of hydrogen-bond donors (Lipinski definition) is 1. The molecular formula is C26H23N5O5. The molecule has 182 valence electrons. The molecule has 1 aliphatic rings. The molecule has 0 spiro atoms. The number of fused-ring (bicyclic) bond motifs is 1. The Morgan fingerprint density at radius 3 is 2.50 bits per heavy atom. The number of nitro benzene ring substituents is 1. The van der Waals surface area contributed by atoms with Gasteiger partial charge in [0.05, 0.1) is 29.2 Å². The summed E-state index contributed by atoms with van der Waals surface area (Å²) in [6, 6.07) is 18.8. The smallest absolute Gasteiger partial charge is 0.295 e. The molecule has 0 atom stereocenters. The van der Waals surface area contributed by atoms with Crippen LogP contribution < -0.4 is 15.8 Å². The highest BCUT2D eigenvalue weighted by Gasteiger charge is 2.23. The topological polar surface area (TPSA) is 120 Å². The van der Waals surface area contributed by atoms with E-state index in [1.54, 1.807) is 54.6 Å². The molecule has 0 bridgehead atoms. The molecule has 10 nitrogen and oxygen atoms in total. The first kappa shape index (κ1) is 23.2. The fourth-order valence-electron chi connectivity index (χ4n) is 4.37. The number of morpholine rings is 1. The van der Waals surface area contributed by atoms with E-state index < -0.39 is 10.5 Å². The number of carbonyl (C=O) groups is 1. The lowest BCUT2D eigenvalue weighted by Crippen LogP contribution is -2.36. The highest BCUT2D eigenvalue weighted by Crippen LogP contribution is 2.31. The number of benzene rings is 3. The van der Waals surface area contributed by atoms with Gasteiger partial charge in [-0.05, 0) is 30.3 Å². The van der Waals surface area contributed by atoms with Gasteiger partial charge in [-0.15, -0.1) is 0 Å². The normalized spacial score (nSPS) is 13.5. The number of rotatable bonds is 5. The van der Waals surface area contributed by atoms with Crippen LogP contribution >= 0.6 is 0 Å². The summed E-state index contributed by atoms with van der Waals surface area (Å²) in [5.41, 5.74) is 1.82. The lowest BCUT2D eigenvalue weighted by atomic mass is 10.0. The molecule has 1 saturated heterocycles. The average molecular weight is 486 g/mol. The summed E-state index contributed by atoms with van der Waals surface area (Å²) in [7, 11) is 0. The van der Waals surface area contributed by atoms with Gasteiger partial charge in [-0.1, -0.05) is 30.3 Å². The predicted octanol–water partition coefficient (Wildman–Crippen LogP) is 3.76. The molecule has 0 radical (unpaired) electrons. The number of carbonyl (C=O) groups excluding carboxylic acids is 1. The molecule has 3 aromatic carbocycles. The summed E-state index contributed by atoms with van der Waals surface area (Å²) in [6.07, 6.45) is 0. The Balaban J connectivity index is 1.75. The Bertz CT molecular complexity index is 1540. The highest BCUT2D eigenvalue weighted by molar-refractivity contribution is 5.95. The first-order valence-corrected chi connectivity index (χ1v) is 11.4. The number of aromatic nitrogens is 2. The van der Waals surface area contributed by atoms with Crippen molar-refractivity contribution in [3.8, 4) is 16.9 Å². The SMILES string of the molecule is CC(=O)Nc1cccc(-c2nn(-c3cc(N4CCOCC4)ccc3[N+](=O)[O-])c(=O)c3ccccc23)c1. The number of nitrogens with zero attached hydrogens (tertiary/aromatic N) is 4. The van der Waals surface area contributed by atoms with Crippen LogP contribution in [0.15, 0.2) is 71.5 Å². The van der Waals surface area contributed by atoms with Gasteiger partial charge >= 0.3 is 0 Å². The maximum Gasteiger partial charge on any atom is 0.295 e. The van der Waals surface area contributed by atoms with E-state index in [0.717, 1.165) is 10.4 Å². The average Bonchev–Trinajstić information content (AvgIpc) is 2.89. The van der Waals surface area contributed by atoms with Crippen LogP contribution in [0.4, 0.5) is 17.1 Å². The van der Waals surface area contributed by atoms with Crippen LogP contribution in [-0.2, 0) is 9.53 Å². The molecule has 0 unspecified atom stereocenters. The van der Waals surface area contributed by atoms with Gasteiger partial charge in [-0.3, -0.25) is 19.7 Å². The minimum atomic E-state index is -0.515. The third kappa shape index (κ3) is 4.41. The van der Waals surface area contributed by atoms with Gasteiger partial charge < -0.3 is 15.0 Å². The number of nitrogens with one attached hydrogen (secondary N) is 1. The third-order valence-corrected chi connectivity index (χ3v) is 6.02. The van der Waals surface area contributed by atoms with Gasteiger partial charge in [0, 0.05) is 48.4 Å². The minimum Gasteiger partial charge on any atom is -0.378 e. The summed E-state index contributed by atoms with van der Waals surface area (Å²) in [6.45, 7) is 3.79. The molecule has 1 aliphatic heterocycles. The molecule has 4 aromatic rings. The molecule has 5 rings (SSSR count). The number of anilines is 2. The van der Waals surface area contributed by atoms with Crippen LogP contribution in [-0.4, -0.2) is 46.9 Å². The predicted molar refractivity (Wildman–Crippen MR) is 137 cm³/mol. The molecule has 1 amide bonds. The Hall–Kier alpha value is -4.57. The molecule has 36 heavy (non-hydrogen) atoms. The second kappa shape index (κ2) is 9.59. The van der Waals surface area contributed by atoms with Gasteiger partial charge in [0.2, 0.25) is 5.91 Å². The number of nitro groups is 1. The van der Waals surface area contributed by atoms with E-state index in [-0.39, 0.29) is 17.3 Å². The second-order valence-electron chi connectivity index (χ2n) is 8.40. The molecule has 1 fully saturated rings. The van der Waals surface area contributed by atoms with Crippen molar-refractivity contribution in [1.82, 2.24) is 9.78 Å². The van der Waals surface area contributed by atoms with Crippen molar-refractivity contribution < 1.29 is 14.5 Å². The molecular weight excluding hydrogens is 462 g/mol. The van der Waals surface area contributed by atoms with E-state index in [2.05, 4.69) is 15.3 Å². The number of ether oxygens (including phenoxy) is 1. The van der Waals surface area contributed by atoms with Crippen molar-refractivity contribution in [2.75, 3.05) is 36.5 Å². The van der Waals surface area contributed by atoms with Crippen molar-refractivity contribution in [3.05, 3.63) is 87.2 Å². The van der Waals surface area contributed by atoms with Crippen LogP contribution in [0.25, 0.3) is 27.7 Å². The van der Waals surface area contributed by atoms with Crippen molar-refractivity contribution in [2.45, 2.75) is 6.92 Å². The van der Waals surface area contributed by atoms with Crippen molar-refractivity contribution in [2.24, 2.45) is 0 Å². The molecule has 0 saturated carbocycles. The fourth-order valence-corrected chi connectivity index (χ4v) is 4.37. The first-order valence-electron chi connectivity index (χ1n) is 11.4. The van der Waals surface area contributed by atoms with Crippen LogP contribution in [0.1, 0.15) is 6.92 Å². The highest BCUT2D eigenvalue weighted by atomic mass is 16.6. The second-order valence-corrected chi connectivity index (χ2v) is 8.40. The number of amides is 1. The minimum absolute atomic E-state index is 0.0824. The van der Waals surface area contributed by atoms with Gasteiger partial charge in [-0.25, -0.2) is 0 Å². The Kier molecular flexibility index (Phi) is 6.17. The molecule has 1 aromatic heterocycles. The van der Waals surface area contributed by atoms with Crippen LogP contribution in [0.3, 0.4) is 0 Å². The Morgan fingerprint density at radius 2 is 1.78 bits per heavy atom. The zero-order valence-corrected chi connectivity index (χ0v) is 19.5. The summed E-state index contributed by atoms with van der Waals surface area (Å²) < 4.78 is 6.52. The maximum atomic E-state index is 13.6. The largest absolute Gasteiger partial charge is 0.378 e. The molecule has 0 aliphatic carbocycles. The van der Waals surface area contributed by atoms with E-state index in [0.29, 0.717) is 54.0 Å². The molecule has 1 N–H and O–H groups in total. The zero-order valence-electron chi connectivity index (χ0n) is 19.5. The number of hydrogen-bond acceptors (Lipinski definition) is 7. The van der Waals surface area contributed by atoms with Gasteiger partial charge in [0.15, 0.2) is 0 Å². The Labute approximate surface area is 205 Å². The summed E-state index contributed by atoms with van der Waals surface area (Å²) in [5, 5.41) is 20.3. The van der Waals surface area contributed by atoms with Crippen LogP contribution in [0.5, 0.6) is 0 Å². The van der Waals surface area contributed by atoms with E-state index >= 15 is 0 Å². The summed E-state index contributed by atoms with van der Waals surface area (Å²) in [4.78, 5) is 38.6. The van der Waals surface area contributed by atoms with Crippen LogP contribution in [0, 0.1) is 10.1 Å². The molecule has 10 heteroatoms. The third-order valence-electron chi connectivity index (χ3n) is 6.02. The maximum absolute atomic E-state index is 13.6. The van der Waals surface area contributed by atoms with E-state index in [1.165, 1.54) is 13.0 Å². The van der Waals surface area contributed by atoms with Gasteiger partial charge in [0.25, 0.3) is 11.2 Å². The summed E-state index contributed by atoms with van der Waals surface area (Å²) >= 11 is 0. The standard InChI is InChI=1S/C26H23N5O5/c1-17(32)27-19-6-4-5-18(15-19)25-21-7-2-3-8-22(21)26(33)30(28-25)24-16-20(9-10-23(24)31(34)35)29-11-13-36-14-12-29/h2-10,15-16H,11-14H2,1H3,(H,27,32). The van der Waals surface area contributed by atoms with Crippen molar-refractivity contribution in [1.29, 1.82) is 0 Å². The van der Waals surface area contributed by atoms with E-state index in [4.69, 9.17) is 4.74 Å². The van der Waals surface area contributed by atoms with Crippen molar-refractivity contribution >= 4 is 33.7 Å². The fraction of sp³-hybridized carbons (Fsp3) is 0.192. The molecule has 2 heterocycles. The quantitative estimate of drug-likeness (QED) is 0.338. The van der Waals surface area contributed by atoms with Crippen LogP contribution in [0.2, 0.25) is 0 Å². The zero-order chi connectivity index (χ0) is 25.2. The Morgan fingerprint density at radius 1 is 1.03 bits per heavy atom. The van der Waals surface area contributed by atoms with E-state index in [1.807, 2.05) is 6.07 Å². The lowest BCUT2D eigenvalue weighted by Gasteiger charge is -2.29. The van der Waals surface area contributed by atoms with Gasteiger partial charge in [-0.2, -0.15) is 9.78 Å².